The van der Waals surface area contributed by atoms with Crippen molar-refractivity contribution >= 4 is 5.69 Å². The Morgan fingerprint density at radius 2 is 1.73 bits per heavy atom. The summed E-state index contributed by atoms with van der Waals surface area (Å²) in [5.74, 6) is 5.95. The third-order valence-corrected chi connectivity index (χ3v) is 1.95. The number of nitrogens with zero attached hydrogens (tertiary/aromatic N) is 1. The molecule has 2 rings (SSSR count). The lowest BCUT2D eigenvalue weighted by Crippen LogP contribution is -1.88. The van der Waals surface area contributed by atoms with Crippen molar-refractivity contribution in [2.24, 2.45) is 0 Å². The van der Waals surface area contributed by atoms with Crippen LogP contribution in [0.25, 0.3) is 0 Å². The molecule has 0 aliphatic rings. The van der Waals surface area contributed by atoms with Crippen LogP contribution in [-0.4, -0.2) is 4.98 Å². The van der Waals surface area contributed by atoms with E-state index in [4.69, 9.17) is 5.73 Å². The van der Waals surface area contributed by atoms with E-state index >= 15 is 0 Å². The molecule has 0 bridgehead atoms. The third-order valence-electron chi connectivity index (χ3n) is 1.95. The summed E-state index contributed by atoms with van der Waals surface area (Å²) in [5.41, 5.74) is 8.04. The highest BCUT2D eigenvalue weighted by molar-refractivity contribution is 5.56. The maximum Gasteiger partial charge on any atom is 0.113 e. The maximum absolute atomic E-state index is 5.76. The number of benzene rings is 1. The predicted molar refractivity (Wildman–Crippen MR) is 61.1 cm³/mol. The number of aromatic nitrogens is 1. The summed E-state index contributed by atoms with van der Waals surface area (Å²) in [7, 11) is 0. The highest BCUT2D eigenvalue weighted by Gasteiger charge is 1.91. The minimum atomic E-state index is 0.695. The fraction of sp³-hybridized carbons (Fsp3) is 0. The lowest BCUT2D eigenvalue weighted by Gasteiger charge is -1.94. The summed E-state index contributed by atoms with van der Waals surface area (Å²) < 4.78 is 0. The van der Waals surface area contributed by atoms with Gasteiger partial charge in [-0.05, 0) is 30.2 Å². The Hall–Kier alpha value is -2.27. The first kappa shape index (κ1) is 9.29. The molecular formula is C13H10N2. The monoisotopic (exact) mass is 194 g/mol. The fourth-order valence-corrected chi connectivity index (χ4v) is 1.18. The Morgan fingerprint density at radius 1 is 0.933 bits per heavy atom. The van der Waals surface area contributed by atoms with Crippen LogP contribution in [0.3, 0.4) is 0 Å². The van der Waals surface area contributed by atoms with E-state index in [2.05, 4.69) is 16.8 Å². The molecule has 0 spiro atoms. The molecule has 0 fully saturated rings. The summed E-state index contributed by atoms with van der Waals surface area (Å²) in [6.07, 6.45) is 1.72. The van der Waals surface area contributed by atoms with Crippen molar-refractivity contribution in [3.05, 3.63) is 59.9 Å². The Bertz CT molecular complexity index is 507. The zero-order valence-electron chi connectivity index (χ0n) is 8.14. The van der Waals surface area contributed by atoms with E-state index in [1.54, 1.807) is 6.20 Å². The lowest BCUT2D eigenvalue weighted by atomic mass is 10.2. The van der Waals surface area contributed by atoms with E-state index < -0.39 is 0 Å². The average Bonchev–Trinajstić information content (AvgIpc) is 2.29. The lowest BCUT2D eigenvalue weighted by molar-refractivity contribution is 1.29. The van der Waals surface area contributed by atoms with Crippen LogP contribution in [0.2, 0.25) is 0 Å². The van der Waals surface area contributed by atoms with Crippen LogP contribution in [0.15, 0.2) is 48.7 Å². The van der Waals surface area contributed by atoms with Gasteiger partial charge in [0.1, 0.15) is 5.69 Å². The second-order valence-corrected chi connectivity index (χ2v) is 3.05. The van der Waals surface area contributed by atoms with Gasteiger partial charge in [-0.2, -0.15) is 0 Å². The van der Waals surface area contributed by atoms with E-state index in [1.165, 1.54) is 0 Å². The summed E-state index contributed by atoms with van der Waals surface area (Å²) in [4.78, 5) is 4.11. The third kappa shape index (κ3) is 2.35. The van der Waals surface area contributed by atoms with Crippen LogP contribution in [0.1, 0.15) is 11.3 Å². The number of nitrogen functional groups attached to an aromatic ring is 1. The molecule has 1 aromatic heterocycles. The van der Waals surface area contributed by atoms with Gasteiger partial charge in [0, 0.05) is 17.4 Å². The number of anilines is 1. The van der Waals surface area contributed by atoms with Gasteiger partial charge < -0.3 is 5.73 Å². The molecule has 0 aliphatic heterocycles. The van der Waals surface area contributed by atoms with Crippen LogP contribution >= 0.6 is 0 Å². The van der Waals surface area contributed by atoms with Crippen molar-refractivity contribution in [2.45, 2.75) is 0 Å². The van der Waals surface area contributed by atoms with Crippen molar-refractivity contribution in [2.75, 3.05) is 5.73 Å². The Kier molecular flexibility index (Phi) is 2.66. The second kappa shape index (κ2) is 4.30. The SMILES string of the molecule is Nc1ccccc1C#Cc1ccccn1. The molecule has 2 aromatic rings. The highest BCUT2D eigenvalue weighted by Crippen LogP contribution is 2.08. The number of hydrogen-bond acceptors (Lipinski definition) is 2. The van der Waals surface area contributed by atoms with Gasteiger partial charge in [-0.25, -0.2) is 4.98 Å². The van der Waals surface area contributed by atoms with Gasteiger partial charge in [0.15, 0.2) is 0 Å². The Morgan fingerprint density at radius 3 is 2.47 bits per heavy atom. The van der Waals surface area contributed by atoms with Crippen molar-refractivity contribution in [3.8, 4) is 11.8 Å². The van der Waals surface area contributed by atoms with Crippen LogP contribution in [0.5, 0.6) is 0 Å². The molecular weight excluding hydrogens is 184 g/mol. The smallest absolute Gasteiger partial charge is 0.113 e. The average molecular weight is 194 g/mol. The van der Waals surface area contributed by atoms with Crippen LogP contribution in [0.4, 0.5) is 5.69 Å². The van der Waals surface area contributed by atoms with Crippen LogP contribution in [-0.2, 0) is 0 Å². The quantitative estimate of drug-likeness (QED) is 0.515. The molecule has 0 radical (unpaired) electrons. The first-order chi connectivity index (χ1) is 7.36. The number of hydrogen-bond donors (Lipinski definition) is 1. The molecule has 0 unspecified atom stereocenters. The van der Waals surface area contributed by atoms with Gasteiger partial charge in [0.2, 0.25) is 0 Å². The van der Waals surface area contributed by atoms with E-state index in [-0.39, 0.29) is 0 Å². The molecule has 2 heteroatoms. The first-order valence-corrected chi connectivity index (χ1v) is 4.64. The zero-order valence-corrected chi connectivity index (χ0v) is 8.14. The van der Waals surface area contributed by atoms with E-state index in [0.29, 0.717) is 5.69 Å². The van der Waals surface area contributed by atoms with Gasteiger partial charge in [-0.15, -0.1) is 0 Å². The molecule has 0 saturated carbocycles. The first-order valence-electron chi connectivity index (χ1n) is 4.64. The summed E-state index contributed by atoms with van der Waals surface area (Å²) in [5, 5.41) is 0. The van der Waals surface area contributed by atoms with Crippen molar-refractivity contribution in [3.63, 3.8) is 0 Å². The van der Waals surface area contributed by atoms with Crippen molar-refractivity contribution in [1.29, 1.82) is 0 Å². The molecule has 0 saturated heterocycles. The highest BCUT2D eigenvalue weighted by atomic mass is 14.6. The molecule has 15 heavy (non-hydrogen) atoms. The van der Waals surface area contributed by atoms with E-state index in [1.807, 2.05) is 42.5 Å². The molecule has 1 heterocycles. The normalized spacial score (nSPS) is 9.07. The molecule has 0 atom stereocenters. The number of nitrogens with two attached hydrogens (primary N) is 1. The van der Waals surface area contributed by atoms with E-state index in [9.17, 15) is 0 Å². The Labute approximate surface area is 88.8 Å². The second-order valence-electron chi connectivity index (χ2n) is 3.05. The summed E-state index contributed by atoms with van der Waals surface area (Å²) in [6, 6.07) is 13.2. The fourth-order valence-electron chi connectivity index (χ4n) is 1.18. The topological polar surface area (TPSA) is 38.9 Å². The summed E-state index contributed by atoms with van der Waals surface area (Å²) >= 11 is 0. The van der Waals surface area contributed by atoms with Gasteiger partial charge in [-0.1, -0.05) is 24.1 Å². The van der Waals surface area contributed by atoms with Gasteiger partial charge in [0.25, 0.3) is 0 Å². The van der Waals surface area contributed by atoms with Gasteiger partial charge in [-0.3, -0.25) is 0 Å². The largest absolute Gasteiger partial charge is 0.398 e. The molecule has 1 aromatic carbocycles. The maximum atomic E-state index is 5.76. The summed E-state index contributed by atoms with van der Waals surface area (Å²) in [6.45, 7) is 0. The molecule has 2 N–H and O–H groups in total. The van der Waals surface area contributed by atoms with Gasteiger partial charge >= 0.3 is 0 Å². The van der Waals surface area contributed by atoms with Crippen LogP contribution < -0.4 is 5.73 Å². The molecule has 2 nitrogen and oxygen atoms in total. The number of pyridine rings is 1. The Balaban J connectivity index is 2.31. The van der Waals surface area contributed by atoms with Crippen molar-refractivity contribution in [1.82, 2.24) is 4.98 Å². The van der Waals surface area contributed by atoms with Gasteiger partial charge in [0.05, 0.1) is 0 Å². The van der Waals surface area contributed by atoms with E-state index in [0.717, 1.165) is 11.3 Å². The predicted octanol–water partition coefficient (Wildman–Crippen LogP) is 2.06. The van der Waals surface area contributed by atoms with Crippen LogP contribution in [0, 0.1) is 11.8 Å². The number of para-hydroxylation sites is 1. The number of rotatable bonds is 0. The zero-order chi connectivity index (χ0) is 10.5. The van der Waals surface area contributed by atoms with Crippen molar-refractivity contribution < 1.29 is 0 Å². The minimum Gasteiger partial charge on any atom is -0.398 e. The molecule has 0 amide bonds. The standard InChI is InChI=1S/C13H10N2/c14-13-7-2-1-5-11(13)8-9-12-6-3-4-10-15-12/h1-7,10H,14H2. The molecule has 72 valence electrons. The molecule has 0 aliphatic carbocycles. The minimum absolute atomic E-state index is 0.695.